The Morgan fingerprint density at radius 1 is 0.409 bits per heavy atom. The Labute approximate surface area is 395 Å². The van der Waals surface area contributed by atoms with E-state index in [-0.39, 0.29) is 12.8 Å². The first kappa shape index (κ1) is 63.0. The van der Waals surface area contributed by atoms with Gasteiger partial charge in [0.15, 0.2) is 0 Å². The molecule has 0 bridgehead atoms. The number of aliphatic hydroxyl groups is 3. The lowest BCUT2D eigenvalue weighted by Crippen LogP contribution is -2.25. The number of carbonyl (C=O) groups excluding carboxylic acids is 2. The van der Waals surface area contributed by atoms with Gasteiger partial charge in [0.1, 0.15) is 31.5 Å². The van der Waals surface area contributed by atoms with Crippen molar-refractivity contribution in [2.75, 3.05) is 39.6 Å². The minimum atomic E-state index is -4.80. The van der Waals surface area contributed by atoms with E-state index >= 15 is 0 Å². The van der Waals surface area contributed by atoms with Gasteiger partial charge in [0.05, 0.1) is 26.4 Å². The van der Waals surface area contributed by atoms with Gasteiger partial charge in [-0.3, -0.25) is 27.7 Å². The Morgan fingerprint density at radius 3 is 1.11 bits per heavy atom. The summed E-state index contributed by atoms with van der Waals surface area (Å²) >= 11 is 0. The highest BCUT2D eigenvalue weighted by Gasteiger charge is 2.28. The van der Waals surface area contributed by atoms with E-state index < -0.39 is 85.5 Å². The largest absolute Gasteiger partial charge is 0.472 e. The van der Waals surface area contributed by atoms with Gasteiger partial charge in [-0.25, -0.2) is 9.13 Å². The van der Waals surface area contributed by atoms with Crippen LogP contribution in [-0.2, 0) is 46.3 Å². The van der Waals surface area contributed by atoms with Gasteiger partial charge in [-0.2, -0.15) is 0 Å². The Balaban J connectivity index is 3.98. The molecule has 0 aromatic heterocycles. The van der Waals surface area contributed by atoms with Crippen molar-refractivity contribution in [3.63, 3.8) is 0 Å². The number of esters is 2. The Morgan fingerprint density at radius 2 is 0.712 bits per heavy atom. The molecule has 66 heavy (non-hydrogen) atoms. The molecule has 0 aliphatic heterocycles. The number of unbranched alkanes of at least 4 members (excludes halogenated alkanes) is 14. The van der Waals surface area contributed by atoms with Crippen LogP contribution in [0.2, 0.25) is 0 Å². The second-order valence-electron chi connectivity index (χ2n) is 15.6. The average molecular weight is 973 g/mol. The van der Waals surface area contributed by atoms with Crippen molar-refractivity contribution < 1.29 is 71.4 Å². The number of phosphoric ester groups is 2. The molecule has 378 valence electrons. The van der Waals surface area contributed by atoms with Crippen molar-refractivity contribution in [1.29, 1.82) is 0 Å². The zero-order valence-electron chi connectivity index (χ0n) is 39.6. The fourth-order valence-corrected chi connectivity index (χ4v) is 7.13. The summed E-state index contributed by atoms with van der Waals surface area (Å²) in [5.74, 6) is -1.05. The van der Waals surface area contributed by atoms with Crippen molar-refractivity contribution in [2.45, 2.75) is 161 Å². The van der Waals surface area contributed by atoms with E-state index in [1.54, 1.807) is 0 Å². The third-order valence-corrected chi connectivity index (χ3v) is 11.1. The van der Waals surface area contributed by atoms with E-state index in [0.717, 1.165) is 57.8 Å². The predicted molar refractivity (Wildman–Crippen MR) is 260 cm³/mol. The molecule has 5 N–H and O–H groups in total. The lowest BCUT2D eigenvalue weighted by molar-refractivity contribution is -0.148. The molecule has 0 aromatic rings. The van der Waals surface area contributed by atoms with Crippen LogP contribution < -0.4 is 0 Å². The molecule has 0 spiro atoms. The van der Waals surface area contributed by atoms with E-state index in [1.165, 1.54) is 44.9 Å². The molecule has 5 atom stereocenters. The van der Waals surface area contributed by atoms with E-state index in [4.69, 9.17) is 9.47 Å². The molecule has 15 nitrogen and oxygen atoms in total. The van der Waals surface area contributed by atoms with Crippen molar-refractivity contribution in [3.05, 3.63) is 97.2 Å². The first-order valence-electron chi connectivity index (χ1n) is 23.7. The summed E-state index contributed by atoms with van der Waals surface area (Å²) in [6.07, 6.45) is 46.7. The Bertz CT molecular complexity index is 1550. The molecule has 0 saturated carbocycles. The summed E-state index contributed by atoms with van der Waals surface area (Å²) in [6, 6.07) is 0. The average Bonchev–Trinajstić information content (AvgIpc) is 3.29. The van der Waals surface area contributed by atoms with Gasteiger partial charge >= 0.3 is 27.6 Å². The third-order valence-electron chi connectivity index (χ3n) is 9.22. The van der Waals surface area contributed by atoms with Crippen LogP contribution in [0.1, 0.15) is 142 Å². The minimum absolute atomic E-state index is 0.138. The highest BCUT2D eigenvalue weighted by molar-refractivity contribution is 7.47. The van der Waals surface area contributed by atoms with Gasteiger partial charge < -0.3 is 34.6 Å². The number of hydrogen-bond acceptors (Lipinski definition) is 13. The molecular formula is C49H82O15P2. The van der Waals surface area contributed by atoms with Crippen LogP contribution in [0.3, 0.4) is 0 Å². The fraction of sp³-hybridized carbons (Fsp3) is 0.633. The molecule has 0 aliphatic rings. The number of aliphatic hydroxyl groups excluding tert-OH is 3. The van der Waals surface area contributed by atoms with Crippen molar-refractivity contribution in [3.8, 4) is 0 Å². The normalized spacial score (nSPS) is 15.9. The highest BCUT2D eigenvalue weighted by atomic mass is 31.2. The summed E-state index contributed by atoms with van der Waals surface area (Å²) in [6.45, 7) is 0.172. The fourth-order valence-electron chi connectivity index (χ4n) is 5.54. The van der Waals surface area contributed by atoms with Gasteiger partial charge in [0.25, 0.3) is 0 Å². The number of hydrogen-bond donors (Lipinski definition) is 5. The van der Waals surface area contributed by atoms with Crippen LogP contribution in [0.25, 0.3) is 0 Å². The lowest BCUT2D eigenvalue weighted by Gasteiger charge is -2.19. The number of carbonyl (C=O) groups is 2. The zero-order chi connectivity index (χ0) is 48.8. The quantitative estimate of drug-likeness (QED) is 0.0126. The van der Waals surface area contributed by atoms with Gasteiger partial charge in [-0.05, 0) is 57.8 Å². The van der Waals surface area contributed by atoms with Crippen LogP contribution in [0.4, 0.5) is 0 Å². The zero-order valence-corrected chi connectivity index (χ0v) is 41.4. The van der Waals surface area contributed by atoms with Gasteiger partial charge in [0, 0.05) is 12.8 Å². The molecular weight excluding hydrogens is 890 g/mol. The van der Waals surface area contributed by atoms with Crippen LogP contribution in [-0.4, -0.2) is 95.0 Å². The monoisotopic (exact) mass is 973 g/mol. The molecule has 0 amide bonds. The maximum absolute atomic E-state index is 12.2. The van der Waals surface area contributed by atoms with Gasteiger partial charge in [-0.1, -0.05) is 169 Å². The molecule has 0 heterocycles. The number of allylic oxidation sites excluding steroid dienone is 16. The molecule has 17 heteroatoms. The second-order valence-corrected chi connectivity index (χ2v) is 18.5. The van der Waals surface area contributed by atoms with Crippen LogP contribution >= 0.6 is 15.6 Å². The van der Waals surface area contributed by atoms with Crippen LogP contribution in [0.5, 0.6) is 0 Å². The summed E-state index contributed by atoms with van der Waals surface area (Å²) in [5, 5.41) is 30.0. The van der Waals surface area contributed by atoms with Crippen molar-refractivity contribution in [2.24, 2.45) is 0 Å². The molecule has 0 rings (SSSR count). The second kappa shape index (κ2) is 44.5. The number of rotatable bonds is 44. The number of phosphoric acid groups is 2. The van der Waals surface area contributed by atoms with Crippen molar-refractivity contribution >= 4 is 27.6 Å². The smallest absolute Gasteiger partial charge is 0.463 e. The number of ether oxygens (including phenoxy) is 2. The topological polar surface area (TPSA) is 225 Å². The van der Waals surface area contributed by atoms with E-state index in [0.29, 0.717) is 12.8 Å². The van der Waals surface area contributed by atoms with E-state index in [2.05, 4.69) is 50.2 Å². The van der Waals surface area contributed by atoms with Gasteiger partial charge in [-0.15, -0.1) is 0 Å². The summed E-state index contributed by atoms with van der Waals surface area (Å²) in [5.41, 5.74) is 0. The molecule has 0 aromatic carbocycles. The Kier molecular flexibility index (Phi) is 42.4. The van der Waals surface area contributed by atoms with Crippen LogP contribution in [0.15, 0.2) is 97.2 Å². The molecule has 0 fully saturated rings. The molecule has 5 unspecified atom stereocenters. The maximum Gasteiger partial charge on any atom is 0.472 e. The third kappa shape index (κ3) is 46.1. The first-order valence-corrected chi connectivity index (χ1v) is 26.7. The highest BCUT2D eigenvalue weighted by Crippen LogP contribution is 2.45. The summed E-state index contributed by atoms with van der Waals surface area (Å²) in [4.78, 5) is 43.7. The molecule has 0 aliphatic carbocycles. The molecule has 0 radical (unpaired) electrons. The van der Waals surface area contributed by atoms with Gasteiger partial charge in [0.2, 0.25) is 0 Å². The van der Waals surface area contributed by atoms with E-state index in [1.807, 2.05) is 79.0 Å². The summed E-state index contributed by atoms with van der Waals surface area (Å²) < 4.78 is 52.9. The minimum Gasteiger partial charge on any atom is -0.463 e. The maximum atomic E-state index is 12.2. The van der Waals surface area contributed by atoms with E-state index in [9.17, 15) is 43.8 Å². The first-order chi connectivity index (χ1) is 31.8. The Hall–Kier alpha value is -3.04. The molecule has 0 saturated heterocycles. The SMILES string of the molecule is CC/C=C/C=C/C=C\C=C\C=C\C=C\C=C\CCCCCC(=O)OCC(O)COP(=O)(O)OCC(O)COP(=O)(O)OCC(O)COC(=O)CCCCCCCCC/C=C\CCCCCC. The lowest BCUT2D eigenvalue weighted by atomic mass is 10.1. The van der Waals surface area contributed by atoms with Crippen molar-refractivity contribution in [1.82, 2.24) is 0 Å². The predicted octanol–water partition coefficient (Wildman–Crippen LogP) is 10.7. The standard InChI is InChI=1S/C49H82O15P2/c1-3-5-7-9-11-13-15-17-19-20-21-22-24-26-28-30-32-34-36-38-49(54)60-40-46(51)42-62-66(57,58)64-44-47(52)43-63-65(55,56)61-41-45(50)39-59-48(53)37-35-33-31-29-27-25-23-18-16-14-12-10-8-6-4-2/h5,7,9,11,13-17,19-22,24,26,28,45-47,50-52H,3-4,6,8,10,12,18,23,25,27,29-44H2,1-2H3,(H,55,56)(H,57,58)/b7-5+,11-9+,15-13-,16-14-,19-17+,21-20+,24-22+,28-26+. The summed E-state index contributed by atoms with van der Waals surface area (Å²) in [7, 11) is -9.60. The van der Waals surface area contributed by atoms with Crippen LogP contribution in [0, 0.1) is 0 Å².